The Hall–Kier alpha value is -0.880. The molecule has 0 atom stereocenters. The third-order valence-corrected chi connectivity index (χ3v) is 2.50. The van der Waals surface area contributed by atoms with Crippen LogP contribution in [-0.4, -0.2) is 40.7 Å². The number of hydrogen-bond acceptors (Lipinski definition) is 5. The molecule has 0 aromatic carbocycles. The molecular weight excluding hydrogens is 198 g/mol. The fraction of sp³-hybridized carbons (Fsp3) is 0.600. The van der Waals surface area contributed by atoms with Crippen LogP contribution in [0.1, 0.15) is 11.3 Å². The van der Waals surface area contributed by atoms with Crippen molar-refractivity contribution in [1.29, 1.82) is 0 Å². The summed E-state index contributed by atoms with van der Waals surface area (Å²) in [4.78, 5) is 0. The highest BCUT2D eigenvalue weighted by Gasteiger charge is 2.27. The molecule has 0 bridgehead atoms. The Kier molecular flexibility index (Phi) is 4.28. The van der Waals surface area contributed by atoms with Crippen LogP contribution in [0.15, 0.2) is 16.7 Å². The number of aryl methyl sites for hydroxylation is 1. The molecule has 0 saturated heterocycles. The monoisotopic (exact) mass is 215 g/mol. The van der Waals surface area contributed by atoms with Gasteiger partial charge in [0.15, 0.2) is 0 Å². The van der Waals surface area contributed by atoms with Gasteiger partial charge in [-0.2, -0.15) is 0 Å². The highest BCUT2D eigenvalue weighted by molar-refractivity contribution is 5.14. The van der Waals surface area contributed by atoms with Crippen LogP contribution in [0, 0.1) is 6.92 Å². The molecule has 0 aliphatic rings. The summed E-state index contributed by atoms with van der Waals surface area (Å²) < 4.78 is 5.19. The number of rotatable bonds is 6. The van der Waals surface area contributed by atoms with Crippen molar-refractivity contribution >= 4 is 0 Å². The molecule has 0 aliphatic heterocycles. The molecular formula is C10H17NO4. The molecule has 0 amide bonds. The predicted molar refractivity (Wildman–Crippen MR) is 54.3 cm³/mol. The van der Waals surface area contributed by atoms with Gasteiger partial charge in [0, 0.05) is 0 Å². The maximum absolute atomic E-state index is 9.06. The Labute approximate surface area is 88.3 Å². The molecule has 0 fully saturated rings. The second-order valence-corrected chi connectivity index (χ2v) is 3.64. The number of aliphatic hydroxyl groups excluding tert-OH is 3. The van der Waals surface area contributed by atoms with E-state index in [1.807, 2.05) is 13.0 Å². The minimum atomic E-state index is -1.06. The standard InChI is InChI=1S/C10H17NO4/c1-8-2-3-15-9(8)4-11-10(5-12,6-13)7-14/h2-3,11-14H,4-7H2,1H3. The summed E-state index contributed by atoms with van der Waals surface area (Å²) in [5.41, 5.74) is -0.0654. The summed E-state index contributed by atoms with van der Waals surface area (Å²) in [5.74, 6) is 0.731. The van der Waals surface area contributed by atoms with Gasteiger partial charge in [-0.05, 0) is 18.6 Å². The lowest BCUT2D eigenvalue weighted by molar-refractivity contribution is 0.0401. The van der Waals surface area contributed by atoms with E-state index in [9.17, 15) is 0 Å². The van der Waals surface area contributed by atoms with E-state index in [2.05, 4.69) is 5.32 Å². The zero-order valence-corrected chi connectivity index (χ0v) is 8.73. The van der Waals surface area contributed by atoms with Crippen LogP contribution in [0.3, 0.4) is 0 Å². The van der Waals surface area contributed by atoms with E-state index in [4.69, 9.17) is 19.7 Å². The first kappa shape index (κ1) is 12.2. The highest BCUT2D eigenvalue weighted by Crippen LogP contribution is 2.10. The van der Waals surface area contributed by atoms with E-state index in [0.29, 0.717) is 6.54 Å². The molecule has 0 unspecified atom stereocenters. The van der Waals surface area contributed by atoms with Crippen LogP contribution in [0.5, 0.6) is 0 Å². The van der Waals surface area contributed by atoms with Gasteiger partial charge in [-0.1, -0.05) is 0 Å². The zero-order valence-electron chi connectivity index (χ0n) is 8.73. The van der Waals surface area contributed by atoms with E-state index in [1.165, 1.54) is 0 Å². The largest absolute Gasteiger partial charge is 0.468 e. The van der Waals surface area contributed by atoms with Crippen LogP contribution in [0.25, 0.3) is 0 Å². The third-order valence-electron chi connectivity index (χ3n) is 2.50. The molecule has 1 aromatic heterocycles. The van der Waals surface area contributed by atoms with Crippen molar-refractivity contribution in [1.82, 2.24) is 5.32 Å². The molecule has 5 heteroatoms. The molecule has 0 saturated carbocycles. The zero-order chi connectivity index (χ0) is 11.3. The summed E-state index contributed by atoms with van der Waals surface area (Å²) in [7, 11) is 0. The van der Waals surface area contributed by atoms with Gasteiger partial charge < -0.3 is 19.7 Å². The summed E-state index contributed by atoms with van der Waals surface area (Å²) in [5, 5.41) is 30.1. The Balaban J connectivity index is 2.58. The molecule has 0 aliphatic carbocycles. The lowest BCUT2D eigenvalue weighted by Crippen LogP contribution is -2.54. The van der Waals surface area contributed by atoms with Crippen LogP contribution < -0.4 is 5.32 Å². The normalized spacial score (nSPS) is 12.0. The number of furan rings is 1. The summed E-state index contributed by atoms with van der Waals surface area (Å²) in [6.07, 6.45) is 1.57. The Morgan fingerprint density at radius 2 is 1.87 bits per heavy atom. The van der Waals surface area contributed by atoms with Gasteiger partial charge in [-0.25, -0.2) is 0 Å². The van der Waals surface area contributed by atoms with Gasteiger partial charge in [0.1, 0.15) is 5.76 Å². The lowest BCUT2D eigenvalue weighted by atomic mass is 10.0. The maximum atomic E-state index is 9.06. The van der Waals surface area contributed by atoms with Crippen LogP contribution >= 0.6 is 0 Å². The van der Waals surface area contributed by atoms with E-state index in [1.54, 1.807) is 6.26 Å². The Morgan fingerprint density at radius 1 is 1.27 bits per heavy atom. The van der Waals surface area contributed by atoms with Crippen LogP contribution in [0.2, 0.25) is 0 Å². The highest BCUT2D eigenvalue weighted by atomic mass is 16.3. The summed E-state index contributed by atoms with van der Waals surface area (Å²) in [6.45, 7) is 1.26. The van der Waals surface area contributed by atoms with Crippen molar-refractivity contribution in [3.8, 4) is 0 Å². The molecule has 86 valence electrons. The smallest absolute Gasteiger partial charge is 0.120 e. The quantitative estimate of drug-likeness (QED) is 0.509. The number of nitrogens with one attached hydrogen (secondary N) is 1. The van der Waals surface area contributed by atoms with Crippen molar-refractivity contribution in [2.75, 3.05) is 19.8 Å². The van der Waals surface area contributed by atoms with E-state index >= 15 is 0 Å². The summed E-state index contributed by atoms with van der Waals surface area (Å²) >= 11 is 0. The van der Waals surface area contributed by atoms with Crippen molar-refractivity contribution in [2.24, 2.45) is 0 Å². The molecule has 0 spiro atoms. The second kappa shape index (κ2) is 5.27. The molecule has 15 heavy (non-hydrogen) atoms. The first-order valence-corrected chi connectivity index (χ1v) is 4.78. The van der Waals surface area contributed by atoms with Crippen molar-refractivity contribution in [3.63, 3.8) is 0 Å². The summed E-state index contributed by atoms with van der Waals surface area (Å²) in [6, 6.07) is 1.83. The third kappa shape index (κ3) is 2.79. The maximum Gasteiger partial charge on any atom is 0.120 e. The number of aliphatic hydroxyl groups is 3. The van der Waals surface area contributed by atoms with Gasteiger partial charge in [0.25, 0.3) is 0 Å². The van der Waals surface area contributed by atoms with E-state index < -0.39 is 5.54 Å². The first-order valence-electron chi connectivity index (χ1n) is 4.78. The van der Waals surface area contributed by atoms with Crippen molar-refractivity contribution < 1.29 is 19.7 Å². The molecule has 0 radical (unpaired) electrons. The van der Waals surface area contributed by atoms with Crippen LogP contribution in [0.4, 0.5) is 0 Å². The molecule has 1 rings (SSSR count). The van der Waals surface area contributed by atoms with Gasteiger partial charge in [-0.15, -0.1) is 0 Å². The Bertz CT molecular complexity index is 285. The minimum absolute atomic E-state index is 0.334. The molecule has 1 heterocycles. The number of hydrogen-bond donors (Lipinski definition) is 4. The van der Waals surface area contributed by atoms with Gasteiger partial charge in [0.05, 0.1) is 38.2 Å². The predicted octanol–water partition coefficient (Wildman–Crippen LogP) is -0.607. The van der Waals surface area contributed by atoms with Crippen molar-refractivity contribution in [2.45, 2.75) is 19.0 Å². The van der Waals surface area contributed by atoms with E-state index in [-0.39, 0.29) is 19.8 Å². The molecule has 1 aromatic rings. The molecule has 5 nitrogen and oxygen atoms in total. The average Bonchev–Trinajstić information content (AvgIpc) is 2.67. The van der Waals surface area contributed by atoms with E-state index in [0.717, 1.165) is 11.3 Å². The average molecular weight is 215 g/mol. The lowest BCUT2D eigenvalue weighted by Gasteiger charge is -2.28. The topological polar surface area (TPSA) is 85.9 Å². The fourth-order valence-electron chi connectivity index (χ4n) is 1.17. The van der Waals surface area contributed by atoms with Gasteiger partial charge in [0.2, 0.25) is 0 Å². The SMILES string of the molecule is Cc1ccoc1CNC(CO)(CO)CO. The minimum Gasteiger partial charge on any atom is -0.468 e. The first-order chi connectivity index (χ1) is 7.17. The fourth-order valence-corrected chi connectivity index (χ4v) is 1.17. The van der Waals surface area contributed by atoms with Crippen molar-refractivity contribution in [3.05, 3.63) is 23.7 Å². The second-order valence-electron chi connectivity index (χ2n) is 3.64. The molecule has 4 N–H and O–H groups in total. The van der Waals surface area contributed by atoms with Gasteiger partial charge >= 0.3 is 0 Å². The Morgan fingerprint density at radius 3 is 2.27 bits per heavy atom. The van der Waals surface area contributed by atoms with Gasteiger partial charge in [-0.3, -0.25) is 5.32 Å². The van der Waals surface area contributed by atoms with Crippen LogP contribution in [-0.2, 0) is 6.54 Å².